The second-order valence-corrected chi connectivity index (χ2v) is 10.1. The molecule has 3 saturated heterocycles. The number of amides is 1. The smallest absolute Gasteiger partial charge is 0.272 e. The number of halogens is 2. The van der Waals surface area contributed by atoms with E-state index in [1.807, 2.05) is 24.0 Å². The number of hydrogen-bond donors (Lipinski definition) is 0. The Labute approximate surface area is 210 Å². The number of fused-ring (bicyclic) bond motifs is 1. The second-order valence-electron chi connectivity index (χ2n) is 9.32. The van der Waals surface area contributed by atoms with Crippen molar-refractivity contribution in [2.45, 2.75) is 50.8 Å². The molecule has 3 aliphatic rings. The van der Waals surface area contributed by atoms with Gasteiger partial charge in [-0.3, -0.25) is 9.69 Å². The number of morpholine rings is 1. The molecule has 4 heterocycles. The highest BCUT2D eigenvalue weighted by Gasteiger charge is 2.39. The van der Waals surface area contributed by atoms with Gasteiger partial charge in [-0.2, -0.15) is 0 Å². The fourth-order valence-electron chi connectivity index (χ4n) is 5.44. The zero-order chi connectivity index (χ0) is 23.7. The van der Waals surface area contributed by atoms with E-state index < -0.39 is 0 Å². The van der Waals surface area contributed by atoms with E-state index in [1.165, 1.54) is 6.33 Å². The first-order valence-corrected chi connectivity index (χ1v) is 12.8. The van der Waals surface area contributed by atoms with Gasteiger partial charge < -0.3 is 14.4 Å². The number of likely N-dealkylation sites (tertiary alicyclic amines) is 1. The van der Waals surface area contributed by atoms with Crippen molar-refractivity contribution < 1.29 is 14.3 Å². The Kier molecular flexibility index (Phi) is 7.37. The molecule has 7 nitrogen and oxygen atoms in total. The summed E-state index contributed by atoms with van der Waals surface area (Å²) < 4.78 is 11.6. The van der Waals surface area contributed by atoms with E-state index in [9.17, 15) is 4.79 Å². The van der Waals surface area contributed by atoms with Gasteiger partial charge in [0.05, 0.1) is 35.1 Å². The highest BCUT2D eigenvalue weighted by molar-refractivity contribution is 6.42. The molecule has 0 saturated carbocycles. The number of rotatable bonds is 4. The van der Waals surface area contributed by atoms with Crippen LogP contribution < -0.4 is 0 Å². The maximum absolute atomic E-state index is 13.4. The van der Waals surface area contributed by atoms with Crippen LogP contribution in [0.4, 0.5) is 0 Å². The van der Waals surface area contributed by atoms with Crippen LogP contribution in [0, 0.1) is 6.92 Å². The molecule has 0 spiro atoms. The first kappa shape index (κ1) is 23.9. The molecule has 34 heavy (non-hydrogen) atoms. The lowest BCUT2D eigenvalue weighted by Gasteiger charge is -2.49. The van der Waals surface area contributed by atoms with Crippen LogP contribution in [0.5, 0.6) is 0 Å². The van der Waals surface area contributed by atoms with E-state index in [1.54, 1.807) is 6.07 Å². The number of piperidine rings is 1. The molecule has 0 bridgehead atoms. The molecular weight excluding hydrogens is 475 g/mol. The largest absolute Gasteiger partial charge is 0.379 e. The average Bonchev–Trinajstić information content (AvgIpc) is 2.87. The van der Waals surface area contributed by atoms with Crippen molar-refractivity contribution in [1.29, 1.82) is 0 Å². The van der Waals surface area contributed by atoms with Crippen LogP contribution in [0.1, 0.15) is 46.6 Å². The Morgan fingerprint density at radius 2 is 1.91 bits per heavy atom. The topological polar surface area (TPSA) is 67.8 Å². The highest BCUT2D eigenvalue weighted by Crippen LogP contribution is 2.29. The molecule has 2 aromatic rings. The molecule has 1 aromatic carbocycles. The van der Waals surface area contributed by atoms with Crippen LogP contribution in [0.25, 0.3) is 0 Å². The molecule has 182 valence electrons. The van der Waals surface area contributed by atoms with Crippen LogP contribution in [0.2, 0.25) is 10.0 Å². The van der Waals surface area contributed by atoms with Crippen LogP contribution in [-0.4, -0.2) is 83.3 Å². The van der Waals surface area contributed by atoms with Gasteiger partial charge in [0.15, 0.2) is 0 Å². The number of ether oxygens (including phenoxy) is 2. The number of carbonyl (C=O) groups is 1. The number of carbonyl (C=O) groups excluding carboxylic acids is 1. The Balaban J connectivity index is 1.24. The number of benzene rings is 1. The summed E-state index contributed by atoms with van der Waals surface area (Å²) in [6.45, 7) is 6.60. The summed E-state index contributed by atoms with van der Waals surface area (Å²) in [4.78, 5) is 26.7. The van der Waals surface area contributed by atoms with Gasteiger partial charge in [0.25, 0.3) is 5.91 Å². The van der Waals surface area contributed by atoms with Crippen LogP contribution in [0.15, 0.2) is 24.5 Å². The first-order chi connectivity index (χ1) is 16.5. The monoisotopic (exact) mass is 504 g/mol. The summed E-state index contributed by atoms with van der Waals surface area (Å²) in [5, 5.41) is 1.03. The van der Waals surface area contributed by atoms with E-state index in [2.05, 4.69) is 14.9 Å². The quantitative estimate of drug-likeness (QED) is 0.630. The minimum atomic E-state index is -0.0142. The summed E-state index contributed by atoms with van der Waals surface area (Å²) in [5.74, 6) is -0.0142. The number of nitrogens with zero attached hydrogens (tertiary/aromatic N) is 4. The van der Waals surface area contributed by atoms with Gasteiger partial charge in [-0.25, -0.2) is 9.97 Å². The predicted molar refractivity (Wildman–Crippen MR) is 131 cm³/mol. The van der Waals surface area contributed by atoms with Crippen molar-refractivity contribution >= 4 is 29.1 Å². The van der Waals surface area contributed by atoms with Crippen molar-refractivity contribution in [3.63, 3.8) is 0 Å². The zero-order valence-corrected chi connectivity index (χ0v) is 20.9. The van der Waals surface area contributed by atoms with Crippen molar-refractivity contribution in [3.05, 3.63) is 57.1 Å². The zero-order valence-electron chi connectivity index (χ0n) is 19.4. The summed E-state index contributed by atoms with van der Waals surface area (Å²) >= 11 is 12.2. The Morgan fingerprint density at radius 3 is 2.71 bits per heavy atom. The fourth-order valence-corrected chi connectivity index (χ4v) is 5.76. The Morgan fingerprint density at radius 1 is 1.09 bits per heavy atom. The lowest BCUT2D eigenvalue weighted by atomic mass is 9.95. The SMILES string of the molecule is Cc1c(Cc2ccc(Cl)c(Cl)c2)ncnc1C(=O)N1CCC(N2CCO[C@H]3COCC[C@H]32)CC1. The predicted octanol–water partition coefficient (Wildman–Crippen LogP) is 3.78. The van der Waals surface area contributed by atoms with E-state index in [4.69, 9.17) is 32.7 Å². The van der Waals surface area contributed by atoms with Gasteiger partial charge in [-0.1, -0.05) is 29.3 Å². The van der Waals surface area contributed by atoms with E-state index >= 15 is 0 Å². The first-order valence-electron chi connectivity index (χ1n) is 12.0. The standard InChI is InChI=1S/C25H30Cl2N4O3/c1-16-21(13-17-2-3-19(26)20(27)12-17)28-15-29-24(16)25(32)30-7-4-18(5-8-30)31-9-11-34-23-14-33-10-6-22(23)31/h2-3,12,15,18,22-23H,4-11,13-14H2,1H3/t22-,23+/m1/s1. The minimum Gasteiger partial charge on any atom is -0.379 e. The molecule has 9 heteroatoms. The van der Waals surface area contributed by atoms with Crippen molar-refractivity contribution in [2.75, 3.05) is 39.5 Å². The van der Waals surface area contributed by atoms with Gasteiger partial charge in [-0.15, -0.1) is 0 Å². The normalized spacial score (nSPS) is 24.1. The van der Waals surface area contributed by atoms with E-state index in [0.29, 0.717) is 40.9 Å². The third-order valence-electron chi connectivity index (χ3n) is 7.34. The Bertz CT molecular complexity index is 1040. The van der Waals surface area contributed by atoms with Gasteiger partial charge >= 0.3 is 0 Å². The Hall–Kier alpha value is -1.77. The van der Waals surface area contributed by atoms with E-state index in [0.717, 1.165) is 68.9 Å². The summed E-state index contributed by atoms with van der Waals surface area (Å²) in [6.07, 6.45) is 5.19. The molecule has 1 amide bonds. The van der Waals surface area contributed by atoms with E-state index in [-0.39, 0.29) is 12.0 Å². The molecule has 0 radical (unpaired) electrons. The molecular formula is C25H30Cl2N4O3. The summed E-state index contributed by atoms with van der Waals surface area (Å²) in [5.41, 5.74) is 3.12. The molecule has 0 unspecified atom stereocenters. The molecule has 5 rings (SSSR count). The third kappa shape index (κ3) is 4.95. The van der Waals surface area contributed by atoms with Crippen LogP contribution in [0.3, 0.4) is 0 Å². The van der Waals surface area contributed by atoms with Crippen LogP contribution >= 0.6 is 23.2 Å². The van der Waals surface area contributed by atoms with Crippen molar-refractivity contribution in [1.82, 2.24) is 19.8 Å². The fraction of sp³-hybridized carbons (Fsp3) is 0.560. The molecule has 2 atom stereocenters. The molecule has 3 fully saturated rings. The molecule has 0 aliphatic carbocycles. The number of hydrogen-bond acceptors (Lipinski definition) is 6. The molecule has 3 aliphatic heterocycles. The maximum atomic E-state index is 13.4. The van der Waals surface area contributed by atoms with Crippen LogP contribution in [-0.2, 0) is 15.9 Å². The van der Waals surface area contributed by atoms with Crippen molar-refractivity contribution in [3.8, 4) is 0 Å². The highest BCUT2D eigenvalue weighted by atomic mass is 35.5. The maximum Gasteiger partial charge on any atom is 0.272 e. The summed E-state index contributed by atoms with van der Waals surface area (Å²) in [6, 6.07) is 6.46. The molecule has 1 aromatic heterocycles. The lowest BCUT2D eigenvalue weighted by Crippen LogP contribution is -2.60. The average molecular weight is 505 g/mol. The lowest BCUT2D eigenvalue weighted by molar-refractivity contribution is -0.148. The third-order valence-corrected chi connectivity index (χ3v) is 8.08. The molecule has 0 N–H and O–H groups in total. The number of aromatic nitrogens is 2. The van der Waals surface area contributed by atoms with Gasteiger partial charge in [0.2, 0.25) is 0 Å². The van der Waals surface area contributed by atoms with Gasteiger partial charge in [0.1, 0.15) is 12.0 Å². The van der Waals surface area contributed by atoms with Gasteiger partial charge in [-0.05, 0) is 43.9 Å². The van der Waals surface area contributed by atoms with Crippen molar-refractivity contribution in [2.24, 2.45) is 0 Å². The second kappa shape index (κ2) is 10.5. The summed E-state index contributed by atoms with van der Waals surface area (Å²) in [7, 11) is 0. The minimum absolute atomic E-state index is 0.0142. The van der Waals surface area contributed by atoms with Gasteiger partial charge in [0, 0.05) is 50.3 Å².